The number of nitrogens with zero attached hydrogens (tertiary/aromatic N) is 1. The van der Waals surface area contributed by atoms with Crippen LogP contribution in [0.2, 0.25) is 0 Å². The number of fused-ring (bicyclic) bond motifs is 1. The van der Waals surface area contributed by atoms with Crippen LogP contribution in [0.15, 0.2) is 47.4 Å². The summed E-state index contributed by atoms with van der Waals surface area (Å²) in [5, 5.41) is 2.85. The number of piperidine rings is 1. The van der Waals surface area contributed by atoms with Crippen LogP contribution in [0.3, 0.4) is 0 Å². The van der Waals surface area contributed by atoms with E-state index in [0.29, 0.717) is 36.8 Å². The van der Waals surface area contributed by atoms with Gasteiger partial charge in [-0.1, -0.05) is 24.6 Å². The molecular formula is C22H26N2O5S. The second-order valence-corrected chi connectivity index (χ2v) is 9.59. The van der Waals surface area contributed by atoms with Gasteiger partial charge in [0.05, 0.1) is 11.4 Å². The third-order valence-electron chi connectivity index (χ3n) is 5.46. The summed E-state index contributed by atoms with van der Waals surface area (Å²) in [6.07, 6.45) is 2.46. The molecule has 1 saturated heterocycles. The Balaban J connectivity index is 1.45. The van der Waals surface area contributed by atoms with Gasteiger partial charge in [0.15, 0.2) is 11.5 Å². The Morgan fingerprint density at radius 1 is 1.10 bits per heavy atom. The molecule has 8 heteroatoms. The zero-order valence-corrected chi connectivity index (χ0v) is 17.8. The smallest absolute Gasteiger partial charge is 0.251 e. The molecule has 30 heavy (non-hydrogen) atoms. The highest BCUT2D eigenvalue weighted by atomic mass is 32.2. The van der Waals surface area contributed by atoms with Crippen LogP contribution in [0.1, 0.15) is 35.2 Å². The number of rotatable bonds is 5. The third kappa shape index (κ3) is 4.29. The number of para-hydroxylation sites is 2. The zero-order chi connectivity index (χ0) is 21.1. The average molecular weight is 431 g/mol. The van der Waals surface area contributed by atoms with Crippen molar-refractivity contribution in [2.24, 2.45) is 0 Å². The van der Waals surface area contributed by atoms with Crippen LogP contribution in [0, 0.1) is 6.92 Å². The number of carbonyl (C=O) groups excluding carboxylic acids is 1. The van der Waals surface area contributed by atoms with Crippen LogP contribution in [0.25, 0.3) is 0 Å². The van der Waals surface area contributed by atoms with E-state index in [2.05, 4.69) is 5.32 Å². The van der Waals surface area contributed by atoms with Gasteiger partial charge in [-0.25, -0.2) is 8.42 Å². The summed E-state index contributed by atoms with van der Waals surface area (Å²) in [7, 11) is -3.60. The molecule has 2 aliphatic rings. The largest absolute Gasteiger partial charge is 0.486 e. The minimum atomic E-state index is -3.60. The molecule has 160 valence electrons. The van der Waals surface area contributed by atoms with Gasteiger partial charge < -0.3 is 14.8 Å². The first-order valence-corrected chi connectivity index (χ1v) is 11.7. The molecule has 1 N–H and O–H groups in total. The molecular weight excluding hydrogens is 404 g/mol. The van der Waals surface area contributed by atoms with E-state index in [1.807, 2.05) is 24.3 Å². The molecule has 4 rings (SSSR count). The van der Waals surface area contributed by atoms with Crippen molar-refractivity contribution in [2.45, 2.75) is 37.2 Å². The van der Waals surface area contributed by atoms with Crippen molar-refractivity contribution in [3.63, 3.8) is 0 Å². The lowest BCUT2D eigenvalue weighted by Crippen LogP contribution is -2.41. The lowest BCUT2D eigenvalue weighted by Gasteiger charge is -2.27. The number of amides is 1. The Morgan fingerprint density at radius 2 is 1.83 bits per heavy atom. The number of hydrogen-bond acceptors (Lipinski definition) is 5. The fourth-order valence-corrected chi connectivity index (χ4v) is 5.27. The molecule has 0 saturated carbocycles. The standard InChI is InChI=1S/C22H26N2O5S/c1-16-9-10-18(30(26,27)24-11-5-2-6-12-24)13-19(16)22(25)23-14-17-15-28-20-7-3-4-8-21(20)29-17/h3-4,7-10,13,17H,2,5-6,11-12,14-15H2,1H3,(H,23,25). The van der Waals surface area contributed by atoms with Crippen LogP contribution in [0.5, 0.6) is 11.5 Å². The van der Waals surface area contributed by atoms with Gasteiger partial charge >= 0.3 is 0 Å². The highest BCUT2D eigenvalue weighted by Crippen LogP contribution is 2.30. The fourth-order valence-electron chi connectivity index (χ4n) is 3.73. The number of hydrogen-bond donors (Lipinski definition) is 1. The quantitative estimate of drug-likeness (QED) is 0.789. The lowest BCUT2D eigenvalue weighted by molar-refractivity contribution is 0.0789. The number of benzene rings is 2. The predicted octanol–water partition coefficient (Wildman–Crippen LogP) is 2.74. The second-order valence-electron chi connectivity index (χ2n) is 7.65. The molecule has 1 fully saturated rings. The predicted molar refractivity (Wildman–Crippen MR) is 112 cm³/mol. The van der Waals surface area contributed by atoms with Crippen molar-refractivity contribution >= 4 is 15.9 Å². The normalized spacial score (nSPS) is 19.3. The molecule has 1 amide bonds. The number of ether oxygens (including phenoxy) is 2. The summed E-state index contributed by atoms with van der Waals surface area (Å²) < 4.78 is 38.9. The number of carbonyl (C=O) groups is 1. The zero-order valence-electron chi connectivity index (χ0n) is 17.0. The van der Waals surface area contributed by atoms with Crippen LogP contribution < -0.4 is 14.8 Å². The van der Waals surface area contributed by atoms with Gasteiger partial charge in [-0.3, -0.25) is 4.79 Å². The topological polar surface area (TPSA) is 84.9 Å². The first-order valence-electron chi connectivity index (χ1n) is 10.2. The molecule has 2 aromatic rings. The summed E-state index contributed by atoms with van der Waals surface area (Å²) >= 11 is 0. The number of aryl methyl sites for hydroxylation is 1. The molecule has 0 aromatic heterocycles. The minimum absolute atomic E-state index is 0.159. The van der Waals surface area contributed by atoms with Crippen molar-refractivity contribution in [2.75, 3.05) is 26.2 Å². The van der Waals surface area contributed by atoms with Crippen LogP contribution >= 0.6 is 0 Å². The van der Waals surface area contributed by atoms with Crippen LogP contribution in [0.4, 0.5) is 0 Å². The molecule has 7 nitrogen and oxygen atoms in total. The first-order chi connectivity index (χ1) is 14.4. The summed E-state index contributed by atoms with van der Waals surface area (Å²) in [4.78, 5) is 13.0. The first kappa shape index (κ1) is 20.7. The Hall–Kier alpha value is -2.58. The van der Waals surface area contributed by atoms with Gasteiger partial charge in [0.2, 0.25) is 10.0 Å². The molecule has 2 aromatic carbocycles. The molecule has 0 aliphatic carbocycles. The second kappa shape index (κ2) is 8.65. The molecule has 1 unspecified atom stereocenters. The third-order valence-corrected chi connectivity index (χ3v) is 7.36. The van der Waals surface area contributed by atoms with Gasteiger partial charge in [-0.05, 0) is 49.6 Å². The fraction of sp³-hybridized carbons (Fsp3) is 0.409. The van der Waals surface area contributed by atoms with E-state index in [4.69, 9.17) is 9.47 Å². The van der Waals surface area contributed by atoms with E-state index in [-0.39, 0.29) is 23.5 Å². The van der Waals surface area contributed by atoms with Gasteiger partial charge in [0, 0.05) is 18.7 Å². The summed E-state index contributed by atoms with van der Waals surface area (Å²) in [6, 6.07) is 12.1. The molecule has 2 aliphatic heterocycles. The summed E-state index contributed by atoms with van der Waals surface area (Å²) in [6.45, 7) is 3.44. The summed E-state index contributed by atoms with van der Waals surface area (Å²) in [5.74, 6) is 1.01. The monoisotopic (exact) mass is 430 g/mol. The van der Waals surface area contributed by atoms with Crippen LogP contribution in [-0.2, 0) is 10.0 Å². The van der Waals surface area contributed by atoms with Crippen molar-refractivity contribution in [3.8, 4) is 11.5 Å². The van der Waals surface area contributed by atoms with Gasteiger partial charge in [-0.15, -0.1) is 0 Å². The van der Waals surface area contributed by atoms with Crippen molar-refractivity contribution in [3.05, 3.63) is 53.6 Å². The highest BCUT2D eigenvalue weighted by molar-refractivity contribution is 7.89. The lowest BCUT2D eigenvalue weighted by atomic mass is 10.1. The molecule has 0 bridgehead atoms. The van der Waals surface area contributed by atoms with E-state index in [0.717, 1.165) is 24.8 Å². The molecule has 1 atom stereocenters. The number of sulfonamides is 1. The van der Waals surface area contributed by atoms with Gasteiger partial charge in [0.25, 0.3) is 5.91 Å². The summed E-state index contributed by atoms with van der Waals surface area (Å²) in [5.41, 5.74) is 1.07. The molecule has 0 spiro atoms. The van der Waals surface area contributed by atoms with E-state index in [1.54, 1.807) is 19.1 Å². The van der Waals surface area contributed by atoms with E-state index < -0.39 is 10.0 Å². The van der Waals surface area contributed by atoms with Crippen molar-refractivity contribution < 1.29 is 22.7 Å². The van der Waals surface area contributed by atoms with Crippen molar-refractivity contribution in [1.82, 2.24) is 9.62 Å². The number of nitrogens with one attached hydrogen (secondary N) is 1. The Kier molecular flexibility index (Phi) is 5.97. The molecule has 2 heterocycles. The van der Waals surface area contributed by atoms with E-state index in [1.165, 1.54) is 10.4 Å². The Bertz CT molecular complexity index is 1030. The highest BCUT2D eigenvalue weighted by Gasteiger charge is 2.27. The van der Waals surface area contributed by atoms with E-state index in [9.17, 15) is 13.2 Å². The molecule has 0 radical (unpaired) electrons. The average Bonchev–Trinajstić information content (AvgIpc) is 2.78. The maximum Gasteiger partial charge on any atom is 0.251 e. The SMILES string of the molecule is Cc1ccc(S(=O)(=O)N2CCCCC2)cc1C(=O)NCC1COc2ccccc2O1. The van der Waals surface area contributed by atoms with Gasteiger partial charge in [0.1, 0.15) is 12.7 Å². The maximum absolute atomic E-state index is 13.0. The van der Waals surface area contributed by atoms with E-state index >= 15 is 0 Å². The minimum Gasteiger partial charge on any atom is -0.486 e. The van der Waals surface area contributed by atoms with Crippen molar-refractivity contribution in [1.29, 1.82) is 0 Å². The maximum atomic E-state index is 13.0. The van der Waals surface area contributed by atoms with Crippen LogP contribution in [-0.4, -0.2) is 51.0 Å². The Morgan fingerprint density at radius 3 is 2.60 bits per heavy atom. The Labute approximate surface area is 177 Å². The van der Waals surface area contributed by atoms with Gasteiger partial charge in [-0.2, -0.15) is 4.31 Å².